The van der Waals surface area contributed by atoms with Gasteiger partial charge in [-0.15, -0.1) is 0 Å². The Hall–Kier alpha value is -1.79. The molecule has 1 aliphatic carbocycles. The fourth-order valence-corrected chi connectivity index (χ4v) is 3.31. The lowest BCUT2D eigenvalue weighted by atomic mass is 9.87. The molecule has 0 aromatic carbocycles. The topological polar surface area (TPSA) is 99.4 Å². The van der Waals surface area contributed by atoms with Crippen LogP contribution >= 0.6 is 11.8 Å². The zero-order valence-corrected chi connectivity index (χ0v) is 11.4. The van der Waals surface area contributed by atoms with Crippen molar-refractivity contribution in [2.75, 3.05) is 5.73 Å². The van der Waals surface area contributed by atoms with E-state index in [1.54, 1.807) is 0 Å². The van der Waals surface area contributed by atoms with Gasteiger partial charge in [0.1, 0.15) is 22.7 Å². The second-order valence-electron chi connectivity index (χ2n) is 4.63. The summed E-state index contributed by atoms with van der Waals surface area (Å²) in [6.07, 6.45) is 7.26. The standard InChI is InChI=1S/C13H15N5S/c14-6-10-8-17-13(18-12(10)16)19-11(7-15)9-4-2-1-3-5-9/h8-9,11H,1-5H2,(H2,16,17,18). The van der Waals surface area contributed by atoms with Gasteiger partial charge in [-0.05, 0) is 18.8 Å². The smallest absolute Gasteiger partial charge is 0.190 e. The van der Waals surface area contributed by atoms with Crippen LogP contribution in [0.2, 0.25) is 0 Å². The van der Waals surface area contributed by atoms with Crippen molar-refractivity contribution >= 4 is 17.6 Å². The van der Waals surface area contributed by atoms with Crippen molar-refractivity contribution in [2.24, 2.45) is 5.92 Å². The van der Waals surface area contributed by atoms with E-state index in [2.05, 4.69) is 16.0 Å². The molecule has 0 bridgehead atoms. The van der Waals surface area contributed by atoms with E-state index in [1.165, 1.54) is 37.2 Å². The van der Waals surface area contributed by atoms with E-state index in [1.807, 2.05) is 6.07 Å². The lowest BCUT2D eigenvalue weighted by molar-refractivity contribution is 0.370. The van der Waals surface area contributed by atoms with Crippen LogP contribution in [0.5, 0.6) is 0 Å². The number of anilines is 1. The first-order chi connectivity index (χ1) is 9.24. The van der Waals surface area contributed by atoms with Crippen molar-refractivity contribution in [1.82, 2.24) is 9.97 Å². The summed E-state index contributed by atoms with van der Waals surface area (Å²) in [7, 11) is 0. The number of rotatable bonds is 3. The normalized spacial score (nSPS) is 17.4. The molecule has 1 heterocycles. The van der Waals surface area contributed by atoms with Crippen LogP contribution in [0, 0.1) is 28.6 Å². The van der Waals surface area contributed by atoms with Gasteiger partial charge in [-0.2, -0.15) is 10.5 Å². The number of nitrogen functional groups attached to an aromatic ring is 1. The molecular formula is C13H15N5S. The number of hydrogen-bond donors (Lipinski definition) is 1. The van der Waals surface area contributed by atoms with Crippen molar-refractivity contribution in [3.05, 3.63) is 11.8 Å². The average Bonchev–Trinajstić information content (AvgIpc) is 2.46. The summed E-state index contributed by atoms with van der Waals surface area (Å²) in [4.78, 5) is 8.17. The van der Waals surface area contributed by atoms with Crippen LogP contribution < -0.4 is 5.73 Å². The third kappa shape index (κ3) is 3.36. The maximum absolute atomic E-state index is 9.30. The Balaban J connectivity index is 2.08. The second kappa shape index (κ2) is 6.40. The number of aromatic nitrogens is 2. The Morgan fingerprint density at radius 2 is 2.05 bits per heavy atom. The summed E-state index contributed by atoms with van der Waals surface area (Å²) in [6, 6.07) is 4.27. The highest BCUT2D eigenvalue weighted by Gasteiger charge is 2.25. The number of nitrogens with zero attached hydrogens (tertiary/aromatic N) is 4. The molecule has 1 saturated carbocycles. The van der Waals surface area contributed by atoms with Gasteiger partial charge in [-0.25, -0.2) is 9.97 Å². The molecule has 1 aliphatic rings. The molecule has 1 fully saturated rings. The predicted octanol–water partition coefficient (Wildman–Crippen LogP) is 2.50. The van der Waals surface area contributed by atoms with E-state index in [9.17, 15) is 5.26 Å². The highest BCUT2D eigenvalue weighted by atomic mass is 32.2. The summed E-state index contributed by atoms with van der Waals surface area (Å²) in [5.41, 5.74) is 5.93. The monoisotopic (exact) mass is 273 g/mol. The maximum atomic E-state index is 9.30. The van der Waals surface area contributed by atoms with Crippen LogP contribution in [0.4, 0.5) is 5.82 Å². The molecule has 0 saturated heterocycles. The van der Waals surface area contributed by atoms with Crippen LogP contribution in [0.3, 0.4) is 0 Å². The van der Waals surface area contributed by atoms with E-state index in [0.29, 0.717) is 11.1 Å². The predicted molar refractivity (Wildman–Crippen MR) is 73.0 cm³/mol. The molecule has 1 aromatic heterocycles. The summed E-state index contributed by atoms with van der Waals surface area (Å²) < 4.78 is 0. The van der Waals surface area contributed by atoms with E-state index >= 15 is 0 Å². The molecule has 1 unspecified atom stereocenters. The average molecular weight is 273 g/mol. The summed E-state index contributed by atoms with van der Waals surface area (Å²) in [6.45, 7) is 0. The van der Waals surface area contributed by atoms with Gasteiger partial charge in [0.15, 0.2) is 5.16 Å². The van der Waals surface area contributed by atoms with Crippen molar-refractivity contribution in [3.8, 4) is 12.1 Å². The second-order valence-corrected chi connectivity index (χ2v) is 5.74. The Bertz CT molecular complexity index is 525. The third-order valence-electron chi connectivity index (χ3n) is 3.35. The molecule has 98 valence electrons. The molecule has 0 amide bonds. The number of nitrogens with two attached hydrogens (primary N) is 1. The van der Waals surface area contributed by atoms with Gasteiger partial charge in [-0.1, -0.05) is 31.0 Å². The van der Waals surface area contributed by atoms with Crippen LogP contribution in [-0.4, -0.2) is 15.2 Å². The van der Waals surface area contributed by atoms with Gasteiger partial charge in [-0.3, -0.25) is 0 Å². The van der Waals surface area contributed by atoms with Crippen LogP contribution in [0.15, 0.2) is 11.4 Å². The molecule has 6 heteroatoms. The van der Waals surface area contributed by atoms with Crippen LogP contribution in [-0.2, 0) is 0 Å². The Morgan fingerprint density at radius 3 is 2.63 bits per heavy atom. The van der Waals surface area contributed by atoms with E-state index < -0.39 is 0 Å². The Morgan fingerprint density at radius 1 is 1.32 bits per heavy atom. The summed E-state index contributed by atoms with van der Waals surface area (Å²) in [5.74, 6) is 0.588. The van der Waals surface area contributed by atoms with Crippen LogP contribution in [0.25, 0.3) is 0 Å². The van der Waals surface area contributed by atoms with E-state index in [4.69, 9.17) is 11.0 Å². The fraction of sp³-hybridized carbons (Fsp3) is 0.538. The molecule has 2 N–H and O–H groups in total. The SMILES string of the molecule is N#Cc1cnc(SC(C#N)C2CCCCC2)nc1N. The highest BCUT2D eigenvalue weighted by Crippen LogP contribution is 2.34. The van der Waals surface area contributed by atoms with Gasteiger partial charge in [0.05, 0.1) is 12.3 Å². The molecule has 0 aliphatic heterocycles. The molecule has 1 aromatic rings. The zero-order chi connectivity index (χ0) is 13.7. The number of thioether (sulfide) groups is 1. The van der Waals surface area contributed by atoms with Gasteiger partial charge in [0.2, 0.25) is 0 Å². The number of hydrogen-bond acceptors (Lipinski definition) is 6. The molecule has 2 rings (SSSR count). The van der Waals surface area contributed by atoms with Gasteiger partial charge in [0, 0.05) is 0 Å². The number of nitriles is 2. The first-order valence-electron chi connectivity index (χ1n) is 6.33. The maximum Gasteiger partial charge on any atom is 0.190 e. The highest BCUT2D eigenvalue weighted by molar-refractivity contribution is 8.00. The van der Waals surface area contributed by atoms with Crippen molar-refractivity contribution in [2.45, 2.75) is 42.5 Å². The molecular weight excluding hydrogens is 258 g/mol. The first kappa shape index (κ1) is 13.6. The minimum atomic E-state index is -0.132. The van der Waals surface area contributed by atoms with Gasteiger partial charge in [0.25, 0.3) is 0 Å². The van der Waals surface area contributed by atoms with E-state index in [0.717, 1.165) is 12.8 Å². The van der Waals surface area contributed by atoms with Crippen molar-refractivity contribution in [1.29, 1.82) is 10.5 Å². The third-order valence-corrected chi connectivity index (χ3v) is 4.51. The van der Waals surface area contributed by atoms with Gasteiger partial charge >= 0.3 is 0 Å². The van der Waals surface area contributed by atoms with Crippen molar-refractivity contribution in [3.63, 3.8) is 0 Å². The summed E-state index contributed by atoms with van der Waals surface area (Å²) in [5, 5.41) is 18.4. The molecule has 5 nitrogen and oxygen atoms in total. The fourth-order valence-electron chi connectivity index (χ4n) is 2.30. The quantitative estimate of drug-likeness (QED) is 0.671. The molecule has 0 radical (unpaired) electrons. The molecule has 1 atom stereocenters. The Labute approximate surface area is 116 Å². The molecule has 19 heavy (non-hydrogen) atoms. The lowest BCUT2D eigenvalue weighted by Gasteiger charge is -2.24. The first-order valence-corrected chi connectivity index (χ1v) is 7.21. The Kier molecular flexibility index (Phi) is 4.59. The van der Waals surface area contributed by atoms with Gasteiger partial charge < -0.3 is 5.73 Å². The minimum absolute atomic E-state index is 0.132. The largest absolute Gasteiger partial charge is 0.382 e. The lowest BCUT2D eigenvalue weighted by Crippen LogP contribution is -2.19. The minimum Gasteiger partial charge on any atom is -0.382 e. The summed E-state index contributed by atoms with van der Waals surface area (Å²) >= 11 is 1.36. The van der Waals surface area contributed by atoms with E-state index in [-0.39, 0.29) is 16.6 Å². The zero-order valence-electron chi connectivity index (χ0n) is 10.5. The molecule has 0 spiro atoms. The van der Waals surface area contributed by atoms with Crippen molar-refractivity contribution < 1.29 is 0 Å². The van der Waals surface area contributed by atoms with Crippen LogP contribution in [0.1, 0.15) is 37.7 Å².